The van der Waals surface area contributed by atoms with E-state index in [9.17, 15) is 21.6 Å². The molecule has 0 saturated carbocycles. The van der Waals surface area contributed by atoms with Gasteiger partial charge in [-0.25, -0.2) is 13.6 Å². The number of halogens is 3. The monoisotopic (exact) mass is 297 g/mol. The Labute approximate surface area is 109 Å². The minimum Gasteiger partial charge on any atom is -0.399 e. The van der Waals surface area contributed by atoms with E-state index in [1.54, 1.807) is 0 Å². The molecule has 5 nitrogen and oxygen atoms in total. The Hall–Kier alpha value is -1.48. The van der Waals surface area contributed by atoms with Gasteiger partial charge >= 0.3 is 6.18 Å². The molecule has 0 bridgehead atoms. The molecule has 0 aliphatic carbocycles. The van der Waals surface area contributed by atoms with Gasteiger partial charge in [0.2, 0.25) is 10.0 Å². The number of alkyl halides is 3. The van der Waals surface area contributed by atoms with Crippen molar-refractivity contribution in [2.45, 2.75) is 17.5 Å². The molecule has 0 fully saturated rings. The largest absolute Gasteiger partial charge is 0.399 e. The zero-order valence-electron chi connectivity index (χ0n) is 10.1. The van der Waals surface area contributed by atoms with Crippen molar-refractivity contribution in [1.29, 1.82) is 0 Å². The highest BCUT2D eigenvalue weighted by atomic mass is 32.2. The highest BCUT2D eigenvalue weighted by Gasteiger charge is 2.28. The number of rotatable bonds is 4. The highest BCUT2D eigenvalue weighted by Crippen LogP contribution is 2.27. The van der Waals surface area contributed by atoms with Crippen molar-refractivity contribution in [3.63, 3.8) is 0 Å². The SMILES string of the molecule is CN(CCC(F)(F)F)c1ccc(N)cc1S(N)(=O)=O. The number of nitrogen functional groups attached to an aromatic ring is 1. The van der Waals surface area contributed by atoms with Crippen molar-refractivity contribution in [3.05, 3.63) is 18.2 Å². The zero-order chi connectivity index (χ0) is 14.8. The molecule has 0 amide bonds. The lowest BCUT2D eigenvalue weighted by Gasteiger charge is -2.22. The number of hydrogen-bond donors (Lipinski definition) is 2. The van der Waals surface area contributed by atoms with Gasteiger partial charge in [0.1, 0.15) is 4.90 Å². The Balaban J connectivity index is 3.07. The fraction of sp³-hybridized carbons (Fsp3) is 0.400. The van der Waals surface area contributed by atoms with Crippen LogP contribution in [-0.4, -0.2) is 28.2 Å². The smallest absolute Gasteiger partial charge is 0.390 e. The van der Waals surface area contributed by atoms with E-state index < -0.39 is 22.6 Å². The molecule has 0 radical (unpaired) electrons. The van der Waals surface area contributed by atoms with E-state index in [-0.39, 0.29) is 22.8 Å². The Bertz CT molecular complexity index is 558. The predicted octanol–water partition coefficient (Wildman–Crippen LogP) is 1.30. The van der Waals surface area contributed by atoms with Gasteiger partial charge in [0.05, 0.1) is 12.1 Å². The number of primary sulfonamides is 1. The van der Waals surface area contributed by atoms with Crippen LogP contribution in [-0.2, 0) is 10.0 Å². The first-order chi connectivity index (χ1) is 8.50. The number of hydrogen-bond acceptors (Lipinski definition) is 4. The molecule has 0 aliphatic heterocycles. The minimum absolute atomic E-state index is 0.0842. The van der Waals surface area contributed by atoms with E-state index in [1.807, 2.05) is 0 Å². The van der Waals surface area contributed by atoms with Crippen LogP contribution in [0, 0.1) is 0 Å². The normalized spacial score (nSPS) is 12.5. The van der Waals surface area contributed by atoms with Crippen LogP contribution in [0.4, 0.5) is 24.5 Å². The van der Waals surface area contributed by atoms with Crippen LogP contribution < -0.4 is 15.8 Å². The fourth-order valence-corrected chi connectivity index (χ4v) is 2.30. The average Bonchev–Trinajstić information content (AvgIpc) is 2.23. The highest BCUT2D eigenvalue weighted by molar-refractivity contribution is 7.89. The minimum atomic E-state index is -4.32. The summed E-state index contributed by atoms with van der Waals surface area (Å²) < 4.78 is 59.2. The van der Waals surface area contributed by atoms with Gasteiger partial charge in [0.25, 0.3) is 0 Å². The number of nitrogens with zero attached hydrogens (tertiary/aromatic N) is 1. The molecular weight excluding hydrogens is 283 g/mol. The van der Waals surface area contributed by atoms with Gasteiger partial charge in [0.15, 0.2) is 0 Å². The summed E-state index contributed by atoms with van der Waals surface area (Å²) >= 11 is 0. The van der Waals surface area contributed by atoms with Gasteiger partial charge < -0.3 is 10.6 Å². The van der Waals surface area contributed by atoms with Crippen LogP contribution in [0.1, 0.15) is 6.42 Å². The molecule has 1 aromatic carbocycles. The predicted molar refractivity (Wildman–Crippen MR) is 66.2 cm³/mol. The van der Waals surface area contributed by atoms with Crippen molar-refractivity contribution in [2.75, 3.05) is 24.2 Å². The van der Waals surface area contributed by atoms with E-state index in [0.29, 0.717) is 0 Å². The first kappa shape index (κ1) is 15.6. The molecule has 0 unspecified atom stereocenters. The molecule has 0 spiro atoms. The quantitative estimate of drug-likeness (QED) is 0.820. The Morgan fingerprint density at radius 1 is 1.32 bits per heavy atom. The lowest BCUT2D eigenvalue weighted by atomic mass is 10.2. The van der Waals surface area contributed by atoms with Crippen LogP contribution in [0.15, 0.2) is 23.1 Å². The van der Waals surface area contributed by atoms with Gasteiger partial charge in [-0.1, -0.05) is 0 Å². The van der Waals surface area contributed by atoms with E-state index in [2.05, 4.69) is 0 Å². The molecule has 0 saturated heterocycles. The fourth-order valence-electron chi connectivity index (χ4n) is 1.49. The third-order valence-corrected chi connectivity index (χ3v) is 3.37. The van der Waals surface area contributed by atoms with Gasteiger partial charge in [-0.2, -0.15) is 13.2 Å². The maximum Gasteiger partial charge on any atom is 0.390 e. The Morgan fingerprint density at radius 3 is 2.37 bits per heavy atom. The van der Waals surface area contributed by atoms with E-state index in [4.69, 9.17) is 10.9 Å². The molecule has 0 atom stereocenters. The molecule has 1 rings (SSSR count). The van der Waals surface area contributed by atoms with Crippen molar-refractivity contribution in [2.24, 2.45) is 5.14 Å². The lowest BCUT2D eigenvalue weighted by molar-refractivity contribution is -0.132. The Morgan fingerprint density at radius 2 is 1.89 bits per heavy atom. The summed E-state index contributed by atoms with van der Waals surface area (Å²) in [6.45, 7) is -0.379. The molecule has 0 heterocycles. The maximum atomic E-state index is 12.1. The summed E-state index contributed by atoms with van der Waals surface area (Å²) in [5.74, 6) is 0. The number of sulfonamides is 1. The molecule has 19 heavy (non-hydrogen) atoms. The lowest BCUT2D eigenvalue weighted by Crippen LogP contribution is -2.26. The number of nitrogens with two attached hydrogens (primary N) is 2. The maximum absolute atomic E-state index is 12.1. The first-order valence-electron chi connectivity index (χ1n) is 5.21. The first-order valence-corrected chi connectivity index (χ1v) is 6.75. The summed E-state index contributed by atoms with van der Waals surface area (Å²) in [6, 6.07) is 3.84. The second-order valence-corrected chi connectivity index (χ2v) is 5.59. The van der Waals surface area contributed by atoms with Crippen LogP contribution in [0.25, 0.3) is 0 Å². The molecule has 4 N–H and O–H groups in total. The van der Waals surface area contributed by atoms with E-state index >= 15 is 0 Å². The molecule has 1 aromatic rings. The average molecular weight is 297 g/mol. The third kappa shape index (κ3) is 4.60. The van der Waals surface area contributed by atoms with Crippen molar-refractivity contribution in [3.8, 4) is 0 Å². The number of benzene rings is 1. The van der Waals surface area contributed by atoms with Crippen LogP contribution in [0.3, 0.4) is 0 Å². The summed E-state index contributed by atoms with van der Waals surface area (Å²) in [4.78, 5) is 0.879. The summed E-state index contributed by atoms with van der Waals surface area (Å²) in [5.41, 5.74) is 5.70. The second-order valence-electron chi connectivity index (χ2n) is 4.06. The number of anilines is 2. The molecule has 0 aliphatic rings. The van der Waals surface area contributed by atoms with Gasteiger partial charge in [-0.15, -0.1) is 0 Å². The third-order valence-electron chi connectivity index (χ3n) is 2.43. The molecule has 0 aromatic heterocycles. The van der Waals surface area contributed by atoms with Gasteiger partial charge in [-0.3, -0.25) is 0 Å². The van der Waals surface area contributed by atoms with Gasteiger partial charge in [0, 0.05) is 19.3 Å². The Kier molecular flexibility index (Phi) is 4.31. The topological polar surface area (TPSA) is 89.4 Å². The molecular formula is C10H14F3N3O2S. The summed E-state index contributed by atoms with van der Waals surface area (Å²) in [6.07, 6.45) is -5.37. The molecule has 108 valence electrons. The van der Waals surface area contributed by atoms with Crippen molar-refractivity contribution in [1.82, 2.24) is 0 Å². The van der Waals surface area contributed by atoms with E-state index in [0.717, 1.165) is 6.07 Å². The van der Waals surface area contributed by atoms with Gasteiger partial charge in [-0.05, 0) is 18.2 Å². The van der Waals surface area contributed by atoms with Crippen LogP contribution >= 0.6 is 0 Å². The summed E-state index contributed by atoms with van der Waals surface area (Å²) in [7, 11) is -2.70. The molecule has 9 heteroatoms. The standard InChI is InChI=1S/C10H14F3N3O2S/c1-16(5-4-10(11,12)13)8-3-2-7(14)6-9(8)19(15,17)18/h2-3,6H,4-5,14H2,1H3,(H2,15,17,18). The van der Waals surface area contributed by atoms with Crippen LogP contribution in [0.5, 0.6) is 0 Å². The van der Waals surface area contributed by atoms with Crippen LogP contribution in [0.2, 0.25) is 0 Å². The zero-order valence-corrected chi connectivity index (χ0v) is 10.9. The van der Waals surface area contributed by atoms with Crippen molar-refractivity contribution < 1.29 is 21.6 Å². The van der Waals surface area contributed by atoms with E-state index in [1.165, 1.54) is 24.1 Å². The second kappa shape index (κ2) is 5.25. The van der Waals surface area contributed by atoms with Crippen molar-refractivity contribution >= 4 is 21.4 Å². The summed E-state index contributed by atoms with van der Waals surface area (Å²) in [5, 5.41) is 5.01.